The molecule has 1 N–H and O–H groups in total. The molecule has 122 valence electrons. The maximum atomic E-state index is 12.1. The van der Waals surface area contributed by atoms with Crippen LogP contribution in [0.4, 0.5) is 19.3 Å². The van der Waals surface area contributed by atoms with E-state index in [9.17, 15) is 13.6 Å². The number of alkyl halides is 2. The van der Waals surface area contributed by atoms with E-state index in [0.29, 0.717) is 12.2 Å². The van der Waals surface area contributed by atoms with Gasteiger partial charge in [-0.1, -0.05) is 29.8 Å². The van der Waals surface area contributed by atoms with Crippen molar-refractivity contribution in [3.05, 3.63) is 59.7 Å². The fourth-order valence-electron chi connectivity index (χ4n) is 1.98. The van der Waals surface area contributed by atoms with E-state index in [-0.39, 0.29) is 11.8 Å². The fraction of sp³-hybridized carbons (Fsp3) is 0.235. The Morgan fingerprint density at radius 3 is 2.30 bits per heavy atom. The molecule has 0 bridgehead atoms. The van der Waals surface area contributed by atoms with Crippen molar-refractivity contribution >= 4 is 11.7 Å². The van der Waals surface area contributed by atoms with E-state index in [0.717, 1.165) is 11.1 Å². The first kappa shape index (κ1) is 16.7. The summed E-state index contributed by atoms with van der Waals surface area (Å²) in [6.07, 6.45) is 0. The number of rotatable bonds is 5. The topological polar surface area (TPSA) is 41.6 Å². The van der Waals surface area contributed by atoms with Crippen molar-refractivity contribution in [2.45, 2.75) is 20.1 Å². The molecule has 23 heavy (non-hydrogen) atoms. The second-order valence-electron chi connectivity index (χ2n) is 5.17. The SMILES string of the molecule is Cc1ccc(NC(=O)N(C)Cc2ccc(OC(F)F)cc2)cc1. The van der Waals surface area contributed by atoms with Gasteiger partial charge in [0.15, 0.2) is 0 Å². The number of carbonyl (C=O) groups is 1. The highest BCUT2D eigenvalue weighted by atomic mass is 19.3. The lowest BCUT2D eigenvalue weighted by atomic mass is 10.2. The number of amides is 2. The monoisotopic (exact) mass is 320 g/mol. The first-order valence-corrected chi connectivity index (χ1v) is 7.06. The maximum absolute atomic E-state index is 12.1. The lowest BCUT2D eigenvalue weighted by Gasteiger charge is -2.18. The van der Waals surface area contributed by atoms with Gasteiger partial charge in [0.25, 0.3) is 0 Å². The van der Waals surface area contributed by atoms with Gasteiger partial charge in [0.1, 0.15) is 5.75 Å². The Morgan fingerprint density at radius 2 is 1.74 bits per heavy atom. The smallest absolute Gasteiger partial charge is 0.387 e. The summed E-state index contributed by atoms with van der Waals surface area (Å²) in [5.41, 5.74) is 2.64. The summed E-state index contributed by atoms with van der Waals surface area (Å²) in [6, 6.07) is 13.4. The van der Waals surface area contributed by atoms with E-state index in [1.807, 2.05) is 31.2 Å². The molecular formula is C17H18F2N2O2. The lowest BCUT2D eigenvalue weighted by molar-refractivity contribution is -0.0498. The Labute approximate surface area is 133 Å². The summed E-state index contributed by atoms with van der Waals surface area (Å²) in [5, 5.41) is 2.79. The lowest BCUT2D eigenvalue weighted by Crippen LogP contribution is -2.30. The summed E-state index contributed by atoms with van der Waals surface area (Å²) >= 11 is 0. The molecule has 0 aliphatic rings. The molecule has 4 nitrogen and oxygen atoms in total. The van der Waals surface area contributed by atoms with Gasteiger partial charge in [-0.3, -0.25) is 0 Å². The van der Waals surface area contributed by atoms with E-state index in [2.05, 4.69) is 10.1 Å². The van der Waals surface area contributed by atoms with Gasteiger partial charge in [0.2, 0.25) is 0 Å². The average Bonchev–Trinajstić information content (AvgIpc) is 2.51. The number of ether oxygens (including phenoxy) is 1. The Bertz CT molecular complexity index is 643. The second-order valence-corrected chi connectivity index (χ2v) is 5.17. The molecule has 0 heterocycles. The molecule has 2 aromatic rings. The van der Waals surface area contributed by atoms with Crippen molar-refractivity contribution in [1.29, 1.82) is 0 Å². The third-order valence-corrected chi connectivity index (χ3v) is 3.22. The predicted octanol–water partition coefficient (Wildman–Crippen LogP) is 4.26. The van der Waals surface area contributed by atoms with Gasteiger partial charge in [-0.2, -0.15) is 8.78 Å². The van der Waals surface area contributed by atoms with Crippen molar-refractivity contribution in [3.63, 3.8) is 0 Å². The number of carbonyl (C=O) groups excluding carboxylic acids is 1. The van der Waals surface area contributed by atoms with Gasteiger partial charge in [0, 0.05) is 19.3 Å². The number of hydrogen-bond donors (Lipinski definition) is 1. The van der Waals surface area contributed by atoms with Crippen LogP contribution >= 0.6 is 0 Å². The molecule has 2 rings (SSSR count). The van der Waals surface area contributed by atoms with Crippen LogP contribution < -0.4 is 10.1 Å². The Kier molecular flexibility index (Phi) is 5.51. The van der Waals surface area contributed by atoms with E-state index >= 15 is 0 Å². The third-order valence-electron chi connectivity index (χ3n) is 3.22. The molecule has 0 atom stereocenters. The Hall–Kier alpha value is -2.63. The quantitative estimate of drug-likeness (QED) is 0.894. The van der Waals surface area contributed by atoms with Crippen LogP contribution in [0.1, 0.15) is 11.1 Å². The maximum Gasteiger partial charge on any atom is 0.387 e. The fourth-order valence-corrected chi connectivity index (χ4v) is 1.98. The number of hydrogen-bond acceptors (Lipinski definition) is 2. The molecule has 0 radical (unpaired) electrons. The zero-order valence-electron chi connectivity index (χ0n) is 12.9. The highest BCUT2D eigenvalue weighted by Gasteiger charge is 2.10. The number of anilines is 1. The summed E-state index contributed by atoms with van der Waals surface area (Å²) < 4.78 is 28.5. The molecule has 0 unspecified atom stereocenters. The van der Waals surface area contributed by atoms with Crippen LogP contribution in [0, 0.1) is 6.92 Å². The summed E-state index contributed by atoms with van der Waals surface area (Å²) in [5.74, 6) is 0.0931. The zero-order valence-corrected chi connectivity index (χ0v) is 12.9. The van der Waals surface area contributed by atoms with Crippen LogP contribution in [0.15, 0.2) is 48.5 Å². The molecule has 0 aromatic heterocycles. The van der Waals surface area contributed by atoms with Gasteiger partial charge >= 0.3 is 12.6 Å². The first-order valence-electron chi connectivity index (χ1n) is 7.06. The zero-order chi connectivity index (χ0) is 16.8. The Morgan fingerprint density at radius 1 is 1.13 bits per heavy atom. The molecule has 0 saturated carbocycles. The van der Waals surface area contributed by atoms with Gasteiger partial charge in [-0.15, -0.1) is 0 Å². The van der Waals surface area contributed by atoms with Crippen LogP contribution in [0.2, 0.25) is 0 Å². The summed E-state index contributed by atoms with van der Waals surface area (Å²) in [7, 11) is 1.66. The molecule has 0 fully saturated rings. The van der Waals surface area contributed by atoms with Gasteiger partial charge < -0.3 is 15.0 Å². The van der Waals surface area contributed by atoms with Crippen LogP contribution in [0.5, 0.6) is 5.75 Å². The first-order chi connectivity index (χ1) is 10.9. The highest BCUT2D eigenvalue weighted by Crippen LogP contribution is 2.16. The molecule has 0 aliphatic heterocycles. The van der Waals surface area contributed by atoms with Crippen LogP contribution in [0.3, 0.4) is 0 Å². The van der Waals surface area contributed by atoms with Crippen molar-refractivity contribution in [1.82, 2.24) is 4.90 Å². The highest BCUT2D eigenvalue weighted by molar-refractivity contribution is 5.89. The van der Waals surface area contributed by atoms with E-state index in [1.165, 1.54) is 17.0 Å². The number of aryl methyl sites for hydroxylation is 1. The summed E-state index contributed by atoms with van der Waals surface area (Å²) in [4.78, 5) is 13.6. The van der Waals surface area contributed by atoms with Gasteiger partial charge in [-0.05, 0) is 36.8 Å². The summed E-state index contributed by atoms with van der Waals surface area (Å²) in [6.45, 7) is -0.519. The van der Waals surface area contributed by atoms with Crippen molar-refractivity contribution < 1.29 is 18.3 Å². The number of nitrogens with zero attached hydrogens (tertiary/aromatic N) is 1. The van der Waals surface area contributed by atoms with E-state index in [1.54, 1.807) is 19.2 Å². The van der Waals surface area contributed by atoms with Crippen molar-refractivity contribution in [2.75, 3.05) is 12.4 Å². The molecule has 0 aliphatic carbocycles. The van der Waals surface area contributed by atoms with Gasteiger partial charge in [0.05, 0.1) is 0 Å². The van der Waals surface area contributed by atoms with Crippen molar-refractivity contribution in [3.8, 4) is 5.75 Å². The van der Waals surface area contributed by atoms with Crippen LogP contribution in [0.25, 0.3) is 0 Å². The second kappa shape index (κ2) is 7.58. The van der Waals surface area contributed by atoms with E-state index < -0.39 is 6.61 Å². The molecule has 2 aromatic carbocycles. The Balaban J connectivity index is 1.91. The van der Waals surface area contributed by atoms with E-state index in [4.69, 9.17) is 0 Å². The normalized spacial score (nSPS) is 10.5. The number of benzene rings is 2. The number of halogens is 2. The molecule has 6 heteroatoms. The minimum absolute atomic E-state index is 0.0931. The number of nitrogens with one attached hydrogen (secondary N) is 1. The number of urea groups is 1. The molecular weight excluding hydrogens is 302 g/mol. The standard InChI is InChI=1S/C17H18F2N2O2/c1-12-3-7-14(8-4-12)20-17(22)21(2)11-13-5-9-15(10-6-13)23-16(18)19/h3-10,16H,11H2,1-2H3,(H,20,22). The molecule has 0 spiro atoms. The molecule has 2 amide bonds. The minimum Gasteiger partial charge on any atom is -0.435 e. The minimum atomic E-state index is -2.84. The predicted molar refractivity (Wildman–Crippen MR) is 84.7 cm³/mol. The average molecular weight is 320 g/mol. The van der Waals surface area contributed by atoms with Crippen molar-refractivity contribution in [2.24, 2.45) is 0 Å². The molecule has 0 saturated heterocycles. The van der Waals surface area contributed by atoms with Crippen LogP contribution in [-0.4, -0.2) is 24.6 Å². The van der Waals surface area contributed by atoms with Gasteiger partial charge in [-0.25, -0.2) is 4.79 Å². The largest absolute Gasteiger partial charge is 0.435 e. The van der Waals surface area contributed by atoms with Crippen LogP contribution in [-0.2, 0) is 6.54 Å². The third kappa shape index (κ3) is 5.25.